The maximum absolute atomic E-state index is 11.2. The van der Waals surface area contributed by atoms with Gasteiger partial charge in [-0.1, -0.05) is 13.8 Å². The second kappa shape index (κ2) is 5.40. The van der Waals surface area contributed by atoms with E-state index in [4.69, 9.17) is 17.3 Å². The van der Waals surface area contributed by atoms with Gasteiger partial charge in [0.15, 0.2) is 5.65 Å². The molecule has 0 aromatic carbocycles. The van der Waals surface area contributed by atoms with Gasteiger partial charge in [-0.2, -0.15) is 15.1 Å². The Morgan fingerprint density at radius 3 is 2.89 bits per heavy atom. The summed E-state index contributed by atoms with van der Waals surface area (Å²) in [5, 5.41) is 7.46. The number of anilines is 1. The first-order valence-corrected chi connectivity index (χ1v) is 6.25. The molecule has 0 saturated carbocycles. The van der Waals surface area contributed by atoms with Crippen molar-refractivity contribution in [2.24, 2.45) is 11.7 Å². The molecule has 2 heterocycles. The maximum Gasteiger partial charge on any atom is 0.236 e. The van der Waals surface area contributed by atoms with Gasteiger partial charge in [-0.05, 0) is 17.5 Å². The summed E-state index contributed by atoms with van der Waals surface area (Å²) in [6, 6.07) is 0. The molecule has 0 radical (unpaired) electrons. The molecule has 8 heteroatoms. The summed E-state index contributed by atoms with van der Waals surface area (Å²) in [6.07, 6.45) is 1.61. The van der Waals surface area contributed by atoms with E-state index in [-0.39, 0.29) is 11.8 Å². The fourth-order valence-corrected chi connectivity index (χ4v) is 2.05. The predicted octanol–water partition coefficient (Wildman–Crippen LogP) is 0.954. The minimum atomic E-state index is -0.424. The fourth-order valence-electron chi connectivity index (χ4n) is 1.89. The molecule has 2 aromatic rings. The van der Waals surface area contributed by atoms with Gasteiger partial charge in [-0.25, -0.2) is 0 Å². The van der Waals surface area contributed by atoms with Crippen LogP contribution in [0.3, 0.4) is 0 Å². The number of nitrogens with two attached hydrogens (primary N) is 1. The van der Waals surface area contributed by atoms with E-state index in [1.165, 1.54) is 0 Å². The van der Waals surface area contributed by atoms with Gasteiger partial charge in [-0.15, -0.1) is 0 Å². The summed E-state index contributed by atoms with van der Waals surface area (Å²) >= 11 is 5.89. The zero-order chi connectivity index (χ0) is 14.0. The molecule has 0 unspecified atom stereocenters. The van der Waals surface area contributed by atoms with Crippen molar-refractivity contribution in [2.45, 2.75) is 13.8 Å². The van der Waals surface area contributed by atoms with Crippen LogP contribution in [-0.2, 0) is 4.79 Å². The van der Waals surface area contributed by atoms with Crippen LogP contribution in [0, 0.1) is 5.92 Å². The number of nitrogens with zero attached hydrogens (tertiary/aromatic N) is 4. The molecular formula is C11H15ClN6O. The molecule has 0 atom stereocenters. The summed E-state index contributed by atoms with van der Waals surface area (Å²) < 4.78 is 0. The van der Waals surface area contributed by atoms with Crippen molar-refractivity contribution in [2.75, 3.05) is 18.0 Å². The van der Waals surface area contributed by atoms with Crippen LogP contribution in [0.1, 0.15) is 13.8 Å². The second-order valence-corrected chi connectivity index (χ2v) is 5.03. The number of hydrogen-bond acceptors (Lipinski definition) is 5. The van der Waals surface area contributed by atoms with Gasteiger partial charge in [0.1, 0.15) is 5.82 Å². The Hall–Kier alpha value is -1.89. The lowest BCUT2D eigenvalue weighted by atomic mass is 10.2. The minimum Gasteiger partial charge on any atom is -0.368 e. The van der Waals surface area contributed by atoms with Gasteiger partial charge in [-0.3, -0.25) is 9.89 Å². The van der Waals surface area contributed by atoms with Crippen molar-refractivity contribution >= 4 is 34.4 Å². The summed E-state index contributed by atoms with van der Waals surface area (Å²) in [4.78, 5) is 21.2. The maximum atomic E-state index is 11.2. The van der Waals surface area contributed by atoms with E-state index < -0.39 is 5.91 Å². The smallest absolute Gasteiger partial charge is 0.236 e. The third-order valence-corrected chi connectivity index (χ3v) is 2.66. The van der Waals surface area contributed by atoms with Gasteiger partial charge in [0.25, 0.3) is 0 Å². The number of carbonyl (C=O) groups excluding carboxylic acids is 1. The molecule has 102 valence electrons. The number of hydrogen-bond donors (Lipinski definition) is 2. The van der Waals surface area contributed by atoms with Crippen LogP contribution in [0.15, 0.2) is 6.20 Å². The van der Waals surface area contributed by atoms with Crippen LogP contribution in [0.2, 0.25) is 5.28 Å². The van der Waals surface area contributed by atoms with Crippen LogP contribution in [0.25, 0.3) is 11.0 Å². The first kappa shape index (κ1) is 13.5. The van der Waals surface area contributed by atoms with Crippen molar-refractivity contribution in [3.8, 4) is 0 Å². The number of nitrogens with one attached hydrogen (secondary N) is 1. The van der Waals surface area contributed by atoms with Crippen molar-refractivity contribution < 1.29 is 4.79 Å². The summed E-state index contributed by atoms with van der Waals surface area (Å²) in [5.41, 5.74) is 5.82. The molecule has 2 aromatic heterocycles. The van der Waals surface area contributed by atoms with E-state index >= 15 is 0 Å². The SMILES string of the molecule is CC(C)CN(CC(N)=O)c1nc(Cl)nc2[nH]ncc12. The average molecular weight is 283 g/mol. The molecule has 2 rings (SSSR count). The van der Waals surface area contributed by atoms with Gasteiger partial charge >= 0.3 is 0 Å². The number of rotatable bonds is 5. The molecule has 3 N–H and O–H groups in total. The summed E-state index contributed by atoms with van der Waals surface area (Å²) in [6.45, 7) is 4.80. The van der Waals surface area contributed by atoms with Gasteiger partial charge in [0.05, 0.1) is 18.1 Å². The number of carbonyl (C=O) groups is 1. The Bertz CT molecular complexity index is 596. The highest BCUT2D eigenvalue weighted by Crippen LogP contribution is 2.24. The van der Waals surface area contributed by atoms with Crippen LogP contribution >= 0.6 is 11.6 Å². The average Bonchev–Trinajstić information content (AvgIpc) is 2.73. The molecule has 19 heavy (non-hydrogen) atoms. The molecule has 0 aliphatic heterocycles. The van der Waals surface area contributed by atoms with E-state index in [9.17, 15) is 4.79 Å². The van der Waals surface area contributed by atoms with Crippen LogP contribution in [0.5, 0.6) is 0 Å². The first-order chi connectivity index (χ1) is 8.97. The topological polar surface area (TPSA) is 101 Å². The van der Waals surface area contributed by atoms with E-state index in [2.05, 4.69) is 20.2 Å². The largest absolute Gasteiger partial charge is 0.368 e. The zero-order valence-electron chi connectivity index (χ0n) is 10.7. The number of H-pyrrole nitrogens is 1. The Kier molecular flexibility index (Phi) is 3.84. The molecule has 7 nitrogen and oxygen atoms in total. The molecule has 0 saturated heterocycles. The highest BCUT2D eigenvalue weighted by Gasteiger charge is 2.18. The minimum absolute atomic E-state index is 0.0752. The lowest BCUT2D eigenvalue weighted by molar-refractivity contribution is -0.116. The second-order valence-electron chi connectivity index (χ2n) is 4.69. The standard InChI is InChI=1S/C11H15ClN6O/c1-6(2)4-18(5-8(13)19)10-7-3-14-17-9(7)15-11(12)16-10/h3,6H,4-5H2,1-2H3,(H2,13,19)(H,14,15,16,17). The van der Waals surface area contributed by atoms with Crippen molar-refractivity contribution in [3.63, 3.8) is 0 Å². The van der Waals surface area contributed by atoms with Crippen LogP contribution in [-0.4, -0.2) is 39.2 Å². The van der Waals surface area contributed by atoms with Crippen molar-refractivity contribution in [1.82, 2.24) is 20.2 Å². The number of aromatic amines is 1. The Morgan fingerprint density at radius 1 is 1.53 bits per heavy atom. The Labute approximate surface area is 115 Å². The van der Waals surface area contributed by atoms with E-state index in [1.807, 2.05) is 13.8 Å². The number of aromatic nitrogens is 4. The monoisotopic (exact) mass is 282 g/mol. The predicted molar refractivity (Wildman–Crippen MR) is 72.9 cm³/mol. The van der Waals surface area contributed by atoms with Gasteiger partial charge in [0, 0.05) is 6.54 Å². The number of primary amides is 1. The van der Waals surface area contributed by atoms with E-state index in [0.717, 1.165) is 0 Å². The molecule has 1 amide bonds. The zero-order valence-corrected chi connectivity index (χ0v) is 11.5. The number of halogens is 1. The quantitative estimate of drug-likeness (QED) is 0.795. The van der Waals surface area contributed by atoms with Gasteiger partial charge in [0.2, 0.25) is 11.2 Å². The van der Waals surface area contributed by atoms with E-state index in [1.54, 1.807) is 11.1 Å². The van der Waals surface area contributed by atoms with Crippen LogP contribution in [0.4, 0.5) is 5.82 Å². The van der Waals surface area contributed by atoms with E-state index in [0.29, 0.717) is 29.3 Å². The number of amides is 1. The summed E-state index contributed by atoms with van der Waals surface area (Å²) in [7, 11) is 0. The molecule has 0 spiro atoms. The summed E-state index contributed by atoms with van der Waals surface area (Å²) in [5.74, 6) is 0.485. The molecular weight excluding hydrogens is 268 g/mol. The lowest BCUT2D eigenvalue weighted by Crippen LogP contribution is -2.37. The normalized spacial score (nSPS) is 11.2. The molecule has 0 fully saturated rings. The fraction of sp³-hybridized carbons (Fsp3) is 0.455. The van der Waals surface area contributed by atoms with Gasteiger partial charge < -0.3 is 10.6 Å². The lowest BCUT2D eigenvalue weighted by Gasteiger charge is -2.24. The third kappa shape index (κ3) is 3.11. The molecule has 0 aliphatic rings. The molecule has 0 aliphatic carbocycles. The highest BCUT2D eigenvalue weighted by atomic mass is 35.5. The number of fused-ring (bicyclic) bond motifs is 1. The first-order valence-electron chi connectivity index (χ1n) is 5.87. The third-order valence-electron chi connectivity index (χ3n) is 2.49. The highest BCUT2D eigenvalue weighted by molar-refractivity contribution is 6.28. The Balaban J connectivity index is 2.47. The van der Waals surface area contributed by atoms with Crippen LogP contribution < -0.4 is 10.6 Å². The molecule has 0 bridgehead atoms. The Morgan fingerprint density at radius 2 is 2.26 bits per heavy atom. The van der Waals surface area contributed by atoms with Crippen molar-refractivity contribution in [1.29, 1.82) is 0 Å². The van der Waals surface area contributed by atoms with Crippen molar-refractivity contribution in [3.05, 3.63) is 11.5 Å².